The lowest BCUT2D eigenvalue weighted by Gasteiger charge is -2.33. The van der Waals surface area contributed by atoms with E-state index in [2.05, 4.69) is 5.32 Å². The highest BCUT2D eigenvalue weighted by Gasteiger charge is 2.34. The van der Waals surface area contributed by atoms with E-state index in [0.29, 0.717) is 24.6 Å². The molecule has 0 saturated carbocycles. The first-order valence-corrected chi connectivity index (χ1v) is 8.28. The predicted molar refractivity (Wildman–Crippen MR) is 77.9 cm³/mol. The molecule has 7 nitrogen and oxygen atoms in total. The Kier molecular flexibility index (Phi) is 4.69. The molecule has 1 aromatic carbocycles. The van der Waals surface area contributed by atoms with Crippen molar-refractivity contribution in [1.29, 1.82) is 0 Å². The van der Waals surface area contributed by atoms with Crippen LogP contribution in [0.2, 0.25) is 0 Å². The molecule has 0 unspecified atom stereocenters. The molecule has 0 aromatic heterocycles. The molecule has 0 bridgehead atoms. The number of sulfonamides is 1. The van der Waals surface area contributed by atoms with E-state index in [9.17, 15) is 13.2 Å². The number of fused-ring (bicyclic) bond motifs is 1. The van der Waals surface area contributed by atoms with Gasteiger partial charge in [0.1, 0.15) is 5.75 Å². The van der Waals surface area contributed by atoms with Crippen LogP contribution >= 0.6 is 0 Å². The number of ether oxygens (including phenoxy) is 2. The first kappa shape index (κ1) is 15.6. The average Bonchev–Trinajstić information content (AvgIpc) is 2.45. The molecular weight excluding hydrogens is 296 g/mol. The number of nitrogens with zero attached hydrogens (tertiary/aromatic N) is 1. The Labute approximate surface area is 123 Å². The summed E-state index contributed by atoms with van der Waals surface area (Å²) >= 11 is 0. The number of methoxy groups -OCH3 is 1. The van der Waals surface area contributed by atoms with E-state index in [0.717, 1.165) is 6.26 Å². The Hall–Kier alpha value is -1.80. The normalized spacial score (nSPS) is 17.8. The second kappa shape index (κ2) is 6.31. The summed E-state index contributed by atoms with van der Waals surface area (Å²) in [5.41, 5.74) is 0.445. The van der Waals surface area contributed by atoms with Crippen LogP contribution in [0.1, 0.15) is 0 Å². The van der Waals surface area contributed by atoms with Crippen molar-refractivity contribution in [2.24, 2.45) is 0 Å². The summed E-state index contributed by atoms with van der Waals surface area (Å²) in [6.45, 7) is 0.676. The first-order chi connectivity index (χ1) is 9.93. The molecule has 1 aromatic rings. The summed E-state index contributed by atoms with van der Waals surface area (Å²) in [6.07, 6.45) is 0.223. The van der Waals surface area contributed by atoms with Gasteiger partial charge in [-0.3, -0.25) is 9.10 Å². The molecule has 0 fully saturated rings. The molecule has 21 heavy (non-hydrogen) atoms. The molecule has 1 atom stereocenters. The zero-order valence-electron chi connectivity index (χ0n) is 11.9. The van der Waals surface area contributed by atoms with Crippen LogP contribution in [0.4, 0.5) is 5.69 Å². The maximum Gasteiger partial charge on any atom is 0.263 e. The molecule has 1 heterocycles. The highest BCUT2D eigenvalue weighted by Crippen LogP contribution is 2.34. The van der Waals surface area contributed by atoms with Gasteiger partial charge in [0.05, 0.1) is 25.1 Å². The topological polar surface area (TPSA) is 84.9 Å². The van der Waals surface area contributed by atoms with E-state index in [-0.39, 0.29) is 12.5 Å². The molecule has 0 radical (unpaired) electrons. The van der Waals surface area contributed by atoms with Crippen LogP contribution in [0, 0.1) is 0 Å². The second-order valence-corrected chi connectivity index (χ2v) is 6.56. The van der Waals surface area contributed by atoms with Crippen LogP contribution in [-0.2, 0) is 19.6 Å². The molecule has 1 aliphatic rings. The highest BCUT2D eigenvalue weighted by atomic mass is 32.2. The third-order valence-electron chi connectivity index (χ3n) is 3.03. The standard InChI is InChI=1S/C13H18N2O5S/c1-19-8-7-14-13(16)12-9-15(21(2,17)18)10-5-3-4-6-11(10)20-12/h3-6,12H,7-9H2,1-2H3,(H,14,16)/t12-/m0/s1. The Morgan fingerprint density at radius 3 is 2.86 bits per heavy atom. The summed E-state index contributed by atoms with van der Waals surface area (Å²) in [5.74, 6) is 0.0104. The van der Waals surface area contributed by atoms with Gasteiger partial charge in [0.2, 0.25) is 10.0 Å². The smallest absolute Gasteiger partial charge is 0.263 e. The van der Waals surface area contributed by atoms with E-state index in [1.165, 1.54) is 11.4 Å². The molecule has 116 valence electrons. The van der Waals surface area contributed by atoms with Crippen LogP contribution in [0.15, 0.2) is 24.3 Å². The van der Waals surface area contributed by atoms with Gasteiger partial charge in [0.15, 0.2) is 6.10 Å². The van der Waals surface area contributed by atoms with E-state index >= 15 is 0 Å². The highest BCUT2D eigenvalue weighted by molar-refractivity contribution is 7.92. The number of carbonyl (C=O) groups excluding carboxylic acids is 1. The molecule has 0 aliphatic carbocycles. The third-order valence-corrected chi connectivity index (χ3v) is 4.18. The Morgan fingerprint density at radius 2 is 2.19 bits per heavy atom. The van der Waals surface area contributed by atoms with Crippen LogP contribution < -0.4 is 14.4 Å². The zero-order chi connectivity index (χ0) is 15.5. The SMILES string of the molecule is COCCNC(=O)[C@@H]1CN(S(C)(=O)=O)c2ccccc2O1. The number of anilines is 1. The van der Waals surface area contributed by atoms with Crippen molar-refractivity contribution in [3.8, 4) is 5.75 Å². The summed E-state index contributed by atoms with van der Waals surface area (Å²) in [7, 11) is -1.95. The van der Waals surface area contributed by atoms with Crippen molar-refractivity contribution in [3.63, 3.8) is 0 Å². The molecule has 0 spiro atoms. The van der Waals surface area contributed by atoms with Gasteiger partial charge in [-0.1, -0.05) is 12.1 Å². The van der Waals surface area contributed by atoms with Crippen LogP contribution in [0.3, 0.4) is 0 Å². The average molecular weight is 314 g/mol. The lowest BCUT2D eigenvalue weighted by atomic mass is 10.2. The van der Waals surface area contributed by atoms with Crippen molar-refractivity contribution < 1.29 is 22.7 Å². The van der Waals surface area contributed by atoms with Gasteiger partial charge in [0, 0.05) is 13.7 Å². The molecule has 1 amide bonds. The predicted octanol–water partition coefficient (Wildman–Crippen LogP) is -0.0238. The minimum atomic E-state index is -3.48. The Bertz CT molecular complexity index is 617. The van der Waals surface area contributed by atoms with Crippen molar-refractivity contribution in [1.82, 2.24) is 5.32 Å². The van der Waals surface area contributed by atoms with Crippen molar-refractivity contribution >= 4 is 21.6 Å². The van der Waals surface area contributed by atoms with Crippen LogP contribution in [0.25, 0.3) is 0 Å². The van der Waals surface area contributed by atoms with E-state index in [1.807, 2.05) is 0 Å². The molecular formula is C13H18N2O5S. The fourth-order valence-electron chi connectivity index (χ4n) is 2.04. The van der Waals surface area contributed by atoms with Crippen LogP contribution in [-0.4, -0.2) is 53.5 Å². The molecule has 2 rings (SSSR count). The number of nitrogens with one attached hydrogen (secondary N) is 1. The molecule has 0 saturated heterocycles. The van der Waals surface area contributed by atoms with E-state index < -0.39 is 16.1 Å². The van der Waals surface area contributed by atoms with E-state index in [1.54, 1.807) is 24.3 Å². The molecule has 8 heteroatoms. The second-order valence-electron chi connectivity index (χ2n) is 4.65. The number of amides is 1. The Balaban J connectivity index is 2.20. The van der Waals surface area contributed by atoms with Crippen molar-refractivity contribution in [3.05, 3.63) is 24.3 Å². The molecule has 1 aliphatic heterocycles. The van der Waals surface area contributed by atoms with Gasteiger partial charge in [-0.2, -0.15) is 0 Å². The lowest BCUT2D eigenvalue weighted by molar-refractivity contribution is -0.127. The number of hydrogen-bond acceptors (Lipinski definition) is 5. The Morgan fingerprint density at radius 1 is 1.48 bits per heavy atom. The largest absolute Gasteiger partial charge is 0.476 e. The maximum atomic E-state index is 12.0. The van der Waals surface area contributed by atoms with Crippen LogP contribution in [0.5, 0.6) is 5.75 Å². The zero-order valence-corrected chi connectivity index (χ0v) is 12.7. The quantitative estimate of drug-likeness (QED) is 0.772. The minimum absolute atomic E-state index is 0.0470. The van der Waals surface area contributed by atoms with Crippen molar-refractivity contribution in [2.45, 2.75) is 6.10 Å². The number of rotatable bonds is 5. The minimum Gasteiger partial charge on any atom is -0.476 e. The lowest BCUT2D eigenvalue weighted by Crippen LogP contribution is -2.50. The monoisotopic (exact) mass is 314 g/mol. The number of carbonyl (C=O) groups is 1. The number of benzene rings is 1. The summed E-state index contributed by atoms with van der Waals surface area (Å²) in [5, 5.41) is 2.65. The van der Waals surface area contributed by atoms with Gasteiger partial charge in [-0.05, 0) is 12.1 Å². The summed E-state index contributed by atoms with van der Waals surface area (Å²) in [4.78, 5) is 12.0. The van der Waals surface area contributed by atoms with Gasteiger partial charge in [-0.15, -0.1) is 0 Å². The first-order valence-electron chi connectivity index (χ1n) is 6.43. The number of hydrogen-bond donors (Lipinski definition) is 1. The van der Waals surface area contributed by atoms with Gasteiger partial charge in [-0.25, -0.2) is 8.42 Å². The van der Waals surface area contributed by atoms with Gasteiger partial charge >= 0.3 is 0 Å². The number of para-hydroxylation sites is 2. The fourth-order valence-corrected chi connectivity index (χ4v) is 2.96. The third kappa shape index (κ3) is 3.64. The van der Waals surface area contributed by atoms with E-state index in [4.69, 9.17) is 9.47 Å². The van der Waals surface area contributed by atoms with Crippen molar-refractivity contribution in [2.75, 3.05) is 37.4 Å². The van der Waals surface area contributed by atoms with Gasteiger partial charge < -0.3 is 14.8 Å². The fraction of sp³-hybridized carbons (Fsp3) is 0.462. The molecule has 1 N–H and O–H groups in total. The summed E-state index contributed by atoms with van der Waals surface area (Å²) < 4.78 is 35.4. The summed E-state index contributed by atoms with van der Waals surface area (Å²) in [6, 6.07) is 6.74. The maximum absolute atomic E-state index is 12.0. The van der Waals surface area contributed by atoms with Gasteiger partial charge in [0.25, 0.3) is 5.91 Å².